The van der Waals surface area contributed by atoms with Crippen LogP contribution >= 0.6 is 11.6 Å². The first kappa shape index (κ1) is 16.9. The van der Waals surface area contributed by atoms with Gasteiger partial charge in [0.1, 0.15) is 0 Å². The van der Waals surface area contributed by atoms with Crippen LogP contribution in [0.2, 0.25) is 0 Å². The molecule has 0 saturated heterocycles. The van der Waals surface area contributed by atoms with Gasteiger partial charge in [0.15, 0.2) is 0 Å². The minimum atomic E-state index is -3.55. The Bertz CT molecular complexity index is 529. The Morgan fingerprint density at radius 2 is 1.85 bits per heavy atom. The monoisotopic (exact) mass is 318 g/mol. The molecule has 1 aromatic rings. The number of hydrogen-bond acceptors (Lipinski definition) is 3. The van der Waals surface area contributed by atoms with Crippen molar-refractivity contribution in [2.45, 2.75) is 24.7 Å². The second-order valence-electron chi connectivity index (χ2n) is 4.35. The predicted molar refractivity (Wildman–Crippen MR) is 79.3 cm³/mol. The number of hydrogen-bond donors (Lipinski definition) is 2. The van der Waals surface area contributed by atoms with Gasteiger partial charge in [-0.3, -0.25) is 4.79 Å². The molecule has 0 aliphatic rings. The number of amides is 1. The van der Waals surface area contributed by atoms with Crippen molar-refractivity contribution in [3.8, 4) is 0 Å². The Labute approximate surface area is 124 Å². The van der Waals surface area contributed by atoms with E-state index in [4.69, 9.17) is 11.6 Å². The van der Waals surface area contributed by atoms with E-state index in [2.05, 4.69) is 10.0 Å². The quantitative estimate of drug-likeness (QED) is 0.562. The number of carbonyl (C=O) groups excluding carboxylic acids is 1. The van der Waals surface area contributed by atoms with E-state index in [9.17, 15) is 13.2 Å². The Balaban J connectivity index is 2.40. The lowest BCUT2D eigenvalue weighted by atomic mass is 10.2. The average molecular weight is 319 g/mol. The van der Waals surface area contributed by atoms with Crippen LogP contribution in [0, 0.1) is 6.92 Å². The molecule has 2 N–H and O–H groups in total. The predicted octanol–water partition coefficient (Wildman–Crippen LogP) is 1.41. The number of aryl methyl sites for hydroxylation is 1. The highest BCUT2D eigenvalue weighted by Crippen LogP contribution is 2.09. The van der Waals surface area contributed by atoms with Crippen molar-refractivity contribution in [1.29, 1.82) is 0 Å². The van der Waals surface area contributed by atoms with Crippen molar-refractivity contribution < 1.29 is 13.2 Å². The number of carbonyl (C=O) groups is 1. The van der Waals surface area contributed by atoms with Gasteiger partial charge >= 0.3 is 0 Å². The van der Waals surface area contributed by atoms with Gasteiger partial charge < -0.3 is 5.32 Å². The lowest BCUT2D eigenvalue weighted by Crippen LogP contribution is -2.31. The number of sulfonamides is 1. The summed E-state index contributed by atoms with van der Waals surface area (Å²) in [6.07, 6.45) is 0.801. The van der Waals surface area contributed by atoms with E-state index in [0.717, 1.165) is 5.56 Å². The van der Waals surface area contributed by atoms with E-state index in [1.165, 1.54) is 12.1 Å². The highest BCUT2D eigenvalue weighted by molar-refractivity contribution is 7.89. The van der Waals surface area contributed by atoms with Gasteiger partial charge in [-0.05, 0) is 25.5 Å². The molecule has 1 aromatic carbocycles. The molecule has 0 aliphatic heterocycles. The fraction of sp³-hybridized carbons (Fsp3) is 0.462. The Morgan fingerprint density at radius 1 is 1.20 bits per heavy atom. The molecule has 0 heterocycles. The van der Waals surface area contributed by atoms with Gasteiger partial charge in [-0.1, -0.05) is 17.7 Å². The fourth-order valence-electron chi connectivity index (χ4n) is 1.48. The zero-order valence-electron chi connectivity index (χ0n) is 11.4. The van der Waals surface area contributed by atoms with Crippen LogP contribution in [0.5, 0.6) is 0 Å². The van der Waals surface area contributed by atoms with Crippen molar-refractivity contribution in [2.75, 3.05) is 19.0 Å². The minimum Gasteiger partial charge on any atom is -0.356 e. The van der Waals surface area contributed by atoms with Crippen molar-refractivity contribution >= 4 is 27.5 Å². The Morgan fingerprint density at radius 3 is 2.45 bits per heavy atom. The molecule has 7 heteroatoms. The normalized spacial score (nSPS) is 11.3. The molecule has 0 fully saturated rings. The maximum Gasteiger partial charge on any atom is 0.240 e. The Kier molecular flexibility index (Phi) is 6.98. The molecule has 0 spiro atoms. The lowest BCUT2D eigenvalue weighted by Gasteiger charge is -2.07. The Hall–Kier alpha value is -1.11. The molecule has 0 aromatic heterocycles. The summed E-state index contributed by atoms with van der Waals surface area (Å²) in [5.74, 6) is 0.294. The summed E-state index contributed by atoms with van der Waals surface area (Å²) in [7, 11) is -3.55. The minimum absolute atomic E-state index is 0.0723. The van der Waals surface area contributed by atoms with Crippen molar-refractivity contribution in [3.63, 3.8) is 0 Å². The summed E-state index contributed by atoms with van der Waals surface area (Å²) in [5.41, 5.74) is 0.989. The number of rotatable bonds is 8. The van der Waals surface area contributed by atoms with E-state index >= 15 is 0 Å². The van der Waals surface area contributed by atoms with Crippen LogP contribution in [0.15, 0.2) is 29.2 Å². The first-order valence-electron chi connectivity index (χ1n) is 6.34. The number of halogens is 1. The first-order valence-corrected chi connectivity index (χ1v) is 8.36. The average Bonchev–Trinajstić information content (AvgIpc) is 2.39. The number of alkyl halides is 1. The molecule has 112 valence electrons. The van der Waals surface area contributed by atoms with Gasteiger partial charge in [0, 0.05) is 25.4 Å². The molecule has 1 amide bonds. The van der Waals surface area contributed by atoms with E-state index in [0.29, 0.717) is 18.8 Å². The van der Waals surface area contributed by atoms with Crippen molar-refractivity contribution in [3.05, 3.63) is 29.8 Å². The van der Waals surface area contributed by atoms with Gasteiger partial charge in [0.2, 0.25) is 15.9 Å². The highest BCUT2D eigenvalue weighted by Gasteiger charge is 2.13. The molecule has 0 saturated carbocycles. The van der Waals surface area contributed by atoms with E-state index < -0.39 is 10.0 Å². The summed E-state index contributed by atoms with van der Waals surface area (Å²) in [6.45, 7) is 2.46. The molecular weight excluding hydrogens is 300 g/mol. The standard InChI is InChI=1S/C13H19ClN2O3S/c1-11-3-5-12(6-4-11)20(18,19)16-10-7-13(17)15-9-2-8-14/h3-6,16H,2,7-10H2,1H3,(H,15,17). The zero-order chi connectivity index (χ0) is 15.0. The van der Waals surface area contributed by atoms with E-state index in [-0.39, 0.29) is 23.8 Å². The SMILES string of the molecule is Cc1ccc(S(=O)(=O)NCCC(=O)NCCCCl)cc1. The molecule has 1 rings (SSSR count). The molecule has 0 radical (unpaired) electrons. The van der Waals surface area contributed by atoms with Crippen LogP contribution in [-0.4, -0.2) is 33.3 Å². The van der Waals surface area contributed by atoms with E-state index in [1.54, 1.807) is 12.1 Å². The van der Waals surface area contributed by atoms with Crippen LogP contribution < -0.4 is 10.0 Å². The van der Waals surface area contributed by atoms with Crippen molar-refractivity contribution in [2.24, 2.45) is 0 Å². The summed E-state index contributed by atoms with van der Waals surface area (Å²) >= 11 is 5.49. The second-order valence-corrected chi connectivity index (χ2v) is 6.50. The second kappa shape index (κ2) is 8.24. The number of benzene rings is 1. The summed E-state index contributed by atoms with van der Waals surface area (Å²) in [5, 5.41) is 2.66. The maximum atomic E-state index is 11.9. The third-order valence-electron chi connectivity index (χ3n) is 2.61. The third-order valence-corrected chi connectivity index (χ3v) is 4.35. The topological polar surface area (TPSA) is 75.3 Å². The molecule has 0 bridgehead atoms. The highest BCUT2D eigenvalue weighted by atomic mass is 35.5. The summed E-state index contributed by atoms with van der Waals surface area (Å²) < 4.78 is 26.3. The van der Waals surface area contributed by atoms with Crippen LogP contribution in [0.1, 0.15) is 18.4 Å². The van der Waals surface area contributed by atoms with E-state index in [1.807, 2.05) is 6.92 Å². The fourth-order valence-corrected chi connectivity index (χ4v) is 2.65. The molecule has 5 nitrogen and oxygen atoms in total. The zero-order valence-corrected chi connectivity index (χ0v) is 12.9. The molecule has 0 unspecified atom stereocenters. The molecule has 20 heavy (non-hydrogen) atoms. The summed E-state index contributed by atoms with van der Waals surface area (Å²) in [4.78, 5) is 11.6. The molecule has 0 aliphatic carbocycles. The smallest absolute Gasteiger partial charge is 0.240 e. The van der Waals surface area contributed by atoms with Gasteiger partial charge in [0.05, 0.1) is 4.90 Å². The maximum absolute atomic E-state index is 11.9. The van der Waals surface area contributed by atoms with Crippen molar-refractivity contribution in [1.82, 2.24) is 10.0 Å². The van der Waals surface area contributed by atoms with Gasteiger partial charge in [-0.15, -0.1) is 11.6 Å². The van der Waals surface area contributed by atoms with Gasteiger partial charge in [0.25, 0.3) is 0 Å². The largest absolute Gasteiger partial charge is 0.356 e. The van der Waals surface area contributed by atoms with Crippen LogP contribution in [0.25, 0.3) is 0 Å². The third kappa shape index (κ3) is 5.90. The van der Waals surface area contributed by atoms with Crippen LogP contribution in [0.3, 0.4) is 0 Å². The van der Waals surface area contributed by atoms with Crippen LogP contribution in [-0.2, 0) is 14.8 Å². The van der Waals surface area contributed by atoms with Gasteiger partial charge in [-0.25, -0.2) is 13.1 Å². The molecule has 0 atom stereocenters. The van der Waals surface area contributed by atoms with Crippen LogP contribution in [0.4, 0.5) is 0 Å². The lowest BCUT2D eigenvalue weighted by molar-refractivity contribution is -0.120. The summed E-state index contributed by atoms with van der Waals surface area (Å²) in [6, 6.07) is 6.54. The number of nitrogens with one attached hydrogen (secondary N) is 2. The van der Waals surface area contributed by atoms with Gasteiger partial charge in [-0.2, -0.15) is 0 Å². The molecular formula is C13H19ClN2O3S. The first-order chi connectivity index (χ1) is 9.45.